The molecule has 126 valence electrons. The number of rotatable bonds is 6. The lowest BCUT2D eigenvalue weighted by Gasteiger charge is -2.23. The van der Waals surface area contributed by atoms with Gasteiger partial charge in [0.15, 0.2) is 5.76 Å². The summed E-state index contributed by atoms with van der Waals surface area (Å²) < 4.78 is 10.7. The molecule has 1 aromatic heterocycles. The zero-order valence-electron chi connectivity index (χ0n) is 13.3. The molecule has 3 rings (SSSR count). The van der Waals surface area contributed by atoms with Crippen molar-refractivity contribution in [2.75, 3.05) is 19.7 Å². The zero-order valence-corrected chi connectivity index (χ0v) is 13.3. The first-order chi connectivity index (χ1) is 11.8. The lowest BCUT2D eigenvalue weighted by molar-refractivity contribution is -0.124. The third kappa shape index (κ3) is 3.76. The number of ether oxygens (including phenoxy) is 1. The molecule has 1 unspecified atom stereocenters. The predicted octanol–water partition coefficient (Wildman–Crippen LogP) is 2.08. The van der Waals surface area contributed by atoms with Crippen molar-refractivity contribution >= 4 is 11.8 Å². The number of carbonyl (C=O) groups is 2. The molecule has 1 atom stereocenters. The normalized spacial score (nSPS) is 16.8. The van der Waals surface area contributed by atoms with Crippen LogP contribution in [-0.4, -0.2) is 42.5 Å². The molecule has 2 amide bonds. The van der Waals surface area contributed by atoms with Crippen LogP contribution >= 0.6 is 0 Å². The molecule has 0 saturated carbocycles. The summed E-state index contributed by atoms with van der Waals surface area (Å²) in [4.78, 5) is 26.3. The van der Waals surface area contributed by atoms with Crippen LogP contribution < -0.4 is 10.1 Å². The number of para-hydroxylation sites is 1. The fraction of sp³-hybridized carbons (Fsp3) is 0.333. The summed E-state index contributed by atoms with van der Waals surface area (Å²) in [7, 11) is 0. The van der Waals surface area contributed by atoms with Gasteiger partial charge in [0.1, 0.15) is 18.4 Å². The van der Waals surface area contributed by atoms with Gasteiger partial charge in [-0.2, -0.15) is 0 Å². The Bertz CT molecular complexity index is 670. The summed E-state index contributed by atoms with van der Waals surface area (Å²) in [6.45, 7) is 1.35. The summed E-state index contributed by atoms with van der Waals surface area (Å²) in [5, 5.41) is 2.84. The number of furan rings is 1. The summed E-state index contributed by atoms with van der Waals surface area (Å²) in [5.74, 6) is 0.645. The molecular weight excluding hydrogens is 308 g/mol. The second-order valence-electron chi connectivity index (χ2n) is 5.59. The average molecular weight is 328 g/mol. The third-order valence-electron chi connectivity index (χ3n) is 3.96. The maximum Gasteiger partial charge on any atom is 0.290 e. The van der Waals surface area contributed by atoms with Crippen LogP contribution in [0.3, 0.4) is 0 Å². The van der Waals surface area contributed by atoms with E-state index in [9.17, 15) is 9.59 Å². The molecule has 1 aliphatic heterocycles. The molecule has 0 spiro atoms. The average Bonchev–Trinajstić information content (AvgIpc) is 3.30. The minimum Gasteiger partial charge on any atom is -0.492 e. The highest BCUT2D eigenvalue weighted by atomic mass is 16.5. The van der Waals surface area contributed by atoms with Gasteiger partial charge in [-0.15, -0.1) is 0 Å². The van der Waals surface area contributed by atoms with Crippen molar-refractivity contribution in [3.63, 3.8) is 0 Å². The Balaban J connectivity index is 1.48. The quantitative estimate of drug-likeness (QED) is 0.824. The van der Waals surface area contributed by atoms with Gasteiger partial charge in [-0.3, -0.25) is 9.59 Å². The van der Waals surface area contributed by atoms with Gasteiger partial charge >= 0.3 is 0 Å². The van der Waals surface area contributed by atoms with Gasteiger partial charge in [-0.05, 0) is 37.1 Å². The first-order valence-electron chi connectivity index (χ1n) is 8.06. The molecule has 0 radical (unpaired) electrons. The standard InChI is InChI=1S/C18H20N2O4/c21-17(19-10-13-23-14-6-2-1-3-7-14)15-8-4-11-20(15)18(22)16-9-5-12-24-16/h1-3,5-7,9,12,15H,4,8,10-11,13H2,(H,19,21). The van der Waals surface area contributed by atoms with E-state index in [4.69, 9.17) is 9.15 Å². The Morgan fingerprint density at radius 1 is 1.21 bits per heavy atom. The van der Waals surface area contributed by atoms with Crippen LogP contribution in [0.1, 0.15) is 23.4 Å². The van der Waals surface area contributed by atoms with Gasteiger partial charge in [0.2, 0.25) is 5.91 Å². The molecule has 1 fully saturated rings. The van der Waals surface area contributed by atoms with Crippen LogP contribution in [-0.2, 0) is 4.79 Å². The number of hydrogen-bond acceptors (Lipinski definition) is 4. The van der Waals surface area contributed by atoms with Crippen molar-refractivity contribution in [3.05, 3.63) is 54.5 Å². The zero-order chi connectivity index (χ0) is 16.8. The number of nitrogens with zero attached hydrogens (tertiary/aromatic N) is 1. The lowest BCUT2D eigenvalue weighted by Crippen LogP contribution is -2.46. The van der Waals surface area contributed by atoms with Crippen molar-refractivity contribution < 1.29 is 18.7 Å². The second-order valence-corrected chi connectivity index (χ2v) is 5.59. The van der Waals surface area contributed by atoms with E-state index >= 15 is 0 Å². The molecule has 1 N–H and O–H groups in total. The molecule has 0 aliphatic carbocycles. The lowest BCUT2D eigenvalue weighted by atomic mass is 10.2. The van der Waals surface area contributed by atoms with Gasteiger partial charge in [-0.1, -0.05) is 18.2 Å². The molecule has 1 saturated heterocycles. The van der Waals surface area contributed by atoms with Crippen molar-refractivity contribution in [2.45, 2.75) is 18.9 Å². The maximum absolute atomic E-state index is 12.4. The predicted molar refractivity (Wildman–Crippen MR) is 87.7 cm³/mol. The third-order valence-corrected chi connectivity index (χ3v) is 3.96. The number of amides is 2. The SMILES string of the molecule is O=C(NCCOc1ccccc1)C1CCCN1C(=O)c1ccco1. The number of hydrogen-bond donors (Lipinski definition) is 1. The molecule has 6 heteroatoms. The molecule has 0 bridgehead atoms. The number of likely N-dealkylation sites (tertiary alicyclic amines) is 1. The van der Waals surface area contributed by atoms with E-state index in [1.54, 1.807) is 17.0 Å². The molecule has 24 heavy (non-hydrogen) atoms. The van der Waals surface area contributed by atoms with Crippen molar-refractivity contribution in [2.24, 2.45) is 0 Å². The van der Waals surface area contributed by atoms with Gasteiger partial charge in [0, 0.05) is 6.54 Å². The van der Waals surface area contributed by atoms with Crippen LogP contribution in [0.4, 0.5) is 0 Å². The molecule has 6 nitrogen and oxygen atoms in total. The maximum atomic E-state index is 12.4. The van der Waals surface area contributed by atoms with Crippen LogP contribution in [0.2, 0.25) is 0 Å². The van der Waals surface area contributed by atoms with Gasteiger partial charge < -0.3 is 19.4 Å². The fourth-order valence-corrected chi connectivity index (χ4v) is 2.80. The van der Waals surface area contributed by atoms with Crippen LogP contribution in [0.25, 0.3) is 0 Å². The number of nitrogens with one attached hydrogen (secondary N) is 1. The summed E-state index contributed by atoms with van der Waals surface area (Å²) in [5.41, 5.74) is 0. The van der Waals surface area contributed by atoms with E-state index < -0.39 is 6.04 Å². The van der Waals surface area contributed by atoms with Gasteiger partial charge in [0.25, 0.3) is 5.91 Å². The van der Waals surface area contributed by atoms with Crippen LogP contribution in [0, 0.1) is 0 Å². The topological polar surface area (TPSA) is 71.8 Å². The Kier molecular flexibility index (Phi) is 5.15. The fourth-order valence-electron chi connectivity index (χ4n) is 2.80. The first-order valence-corrected chi connectivity index (χ1v) is 8.06. The van der Waals surface area contributed by atoms with Crippen molar-refractivity contribution in [3.8, 4) is 5.75 Å². The smallest absolute Gasteiger partial charge is 0.290 e. The van der Waals surface area contributed by atoms with E-state index in [0.717, 1.165) is 12.2 Å². The van der Waals surface area contributed by atoms with E-state index in [1.165, 1.54) is 6.26 Å². The van der Waals surface area contributed by atoms with Crippen LogP contribution in [0.5, 0.6) is 5.75 Å². The Morgan fingerprint density at radius 2 is 2.04 bits per heavy atom. The minimum atomic E-state index is -0.445. The Hall–Kier alpha value is -2.76. The van der Waals surface area contributed by atoms with Crippen molar-refractivity contribution in [1.82, 2.24) is 10.2 Å². The largest absolute Gasteiger partial charge is 0.492 e. The molecule has 2 heterocycles. The summed E-state index contributed by atoms with van der Waals surface area (Å²) in [6, 6.07) is 12.3. The first kappa shape index (κ1) is 16.1. The molecule has 1 aromatic carbocycles. The van der Waals surface area contributed by atoms with Crippen LogP contribution in [0.15, 0.2) is 53.1 Å². The highest BCUT2D eigenvalue weighted by Gasteiger charge is 2.35. The number of benzene rings is 1. The van der Waals surface area contributed by atoms with E-state index in [1.807, 2.05) is 30.3 Å². The second kappa shape index (κ2) is 7.68. The minimum absolute atomic E-state index is 0.149. The number of carbonyl (C=O) groups excluding carboxylic acids is 2. The Labute approximate surface area is 140 Å². The monoisotopic (exact) mass is 328 g/mol. The van der Waals surface area contributed by atoms with E-state index in [0.29, 0.717) is 26.1 Å². The molecule has 1 aliphatic rings. The highest BCUT2D eigenvalue weighted by Crippen LogP contribution is 2.20. The van der Waals surface area contributed by atoms with E-state index in [2.05, 4.69) is 5.32 Å². The molecular formula is C18H20N2O4. The summed E-state index contributed by atoms with van der Waals surface area (Å²) >= 11 is 0. The molecule has 2 aromatic rings. The highest BCUT2D eigenvalue weighted by molar-refractivity contribution is 5.95. The van der Waals surface area contributed by atoms with Crippen molar-refractivity contribution in [1.29, 1.82) is 0 Å². The van der Waals surface area contributed by atoms with Gasteiger partial charge in [0.05, 0.1) is 12.8 Å². The summed E-state index contributed by atoms with van der Waals surface area (Å²) in [6.07, 6.45) is 2.93. The Morgan fingerprint density at radius 3 is 2.79 bits per heavy atom. The van der Waals surface area contributed by atoms with E-state index in [-0.39, 0.29) is 17.6 Å². The van der Waals surface area contributed by atoms with Gasteiger partial charge in [-0.25, -0.2) is 0 Å².